The van der Waals surface area contributed by atoms with Crippen LogP contribution >= 0.6 is 0 Å². The Kier molecular flexibility index (Phi) is 9.04. The van der Waals surface area contributed by atoms with Gasteiger partial charge in [0.2, 0.25) is 5.89 Å². The van der Waals surface area contributed by atoms with E-state index in [0.29, 0.717) is 17.2 Å². The van der Waals surface area contributed by atoms with Crippen LogP contribution in [-0.2, 0) is 25.5 Å². The van der Waals surface area contributed by atoms with Gasteiger partial charge in [0.05, 0.1) is 6.10 Å². The van der Waals surface area contributed by atoms with Gasteiger partial charge in [0, 0.05) is 11.1 Å². The van der Waals surface area contributed by atoms with Crippen LogP contribution in [0.4, 0.5) is 0 Å². The molecule has 0 N–H and O–H groups in total. The van der Waals surface area contributed by atoms with E-state index in [2.05, 4.69) is 0 Å². The summed E-state index contributed by atoms with van der Waals surface area (Å²) in [6.45, 7) is 8.80. The maximum absolute atomic E-state index is 13.4. The van der Waals surface area contributed by atoms with Crippen LogP contribution in [0.1, 0.15) is 52.0 Å². The van der Waals surface area contributed by atoms with Crippen LogP contribution in [0.15, 0.2) is 89.3 Å². The van der Waals surface area contributed by atoms with Crippen molar-refractivity contribution in [1.29, 1.82) is 0 Å². The summed E-state index contributed by atoms with van der Waals surface area (Å²) in [4.78, 5) is 30.3. The molecule has 1 atom stereocenters. The number of hydrogen-bond acceptors (Lipinski definition) is 7. The molecule has 3 aromatic carbocycles. The average Bonchev–Trinajstić information content (AvgIpc) is 3.36. The fourth-order valence-electron chi connectivity index (χ4n) is 4.16. The van der Waals surface area contributed by atoms with Crippen molar-refractivity contribution in [2.45, 2.75) is 58.7 Å². The molecule has 7 nitrogen and oxygen atoms in total. The smallest absolute Gasteiger partial charge is 0.344 e. The van der Waals surface area contributed by atoms with Gasteiger partial charge in [-0.3, -0.25) is 4.79 Å². The Morgan fingerprint density at radius 3 is 2.15 bits per heavy atom. The zero-order valence-corrected chi connectivity index (χ0v) is 23.5. The normalized spacial score (nSPS) is 12.2. The number of esters is 2. The average molecular weight is 542 g/mol. The lowest BCUT2D eigenvalue weighted by molar-refractivity contribution is -0.157. The van der Waals surface area contributed by atoms with Gasteiger partial charge in [0.1, 0.15) is 23.0 Å². The molecule has 0 aliphatic rings. The quantitative estimate of drug-likeness (QED) is 0.200. The van der Waals surface area contributed by atoms with Crippen molar-refractivity contribution >= 4 is 11.9 Å². The Labute approximate surface area is 235 Å². The van der Waals surface area contributed by atoms with Crippen LogP contribution < -0.4 is 4.74 Å². The zero-order chi connectivity index (χ0) is 28.7. The summed E-state index contributed by atoms with van der Waals surface area (Å²) in [7, 11) is 0. The molecule has 1 heterocycles. The maximum atomic E-state index is 13.4. The van der Waals surface area contributed by atoms with Crippen LogP contribution in [0.2, 0.25) is 0 Å². The van der Waals surface area contributed by atoms with E-state index < -0.39 is 23.5 Å². The van der Waals surface area contributed by atoms with Crippen molar-refractivity contribution in [3.63, 3.8) is 0 Å². The van der Waals surface area contributed by atoms with Crippen molar-refractivity contribution in [3.8, 4) is 28.3 Å². The summed E-state index contributed by atoms with van der Waals surface area (Å²) in [5.41, 5.74) is 2.59. The molecule has 0 aliphatic heterocycles. The van der Waals surface area contributed by atoms with Crippen molar-refractivity contribution in [1.82, 2.24) is 4.98 Å². The molecular weight excluding hydrogens is 506 g/mol. The molecule has 0 bridgehead atoms. The Morgan fingerprint density at radius 2 is 1.52 bits per heavy atom. The van der Waals surface area contributed by atoms with Gasteiger partial charge in [-0.25, -0.2) is 9.78 Å². The third-order valence-electron chi connectivity index (χ3n) is 5.78. The Hall–Kier alpha value is -4.39. The third kappa shape index (κ3) is 7.82. The number of carbonyl (C=O) groups excluding carboxylic acids is 2. The van der Waals surface area contributed by atoms with Crippen molar-refractivity contribution < 1.29 is 28.2 Å². The summed E-state index contributed by atoms with van der Waals surface area (Å²) >= 11 is 0. The molecule has 4 rings (SSSR count). The van der Waals surface area contributed by atoms with Gasteiger partial charge in [0.25, 0.3) is 0 Å². The molecule has 1 aromatic heterocycles. The topological polar surface area (TPSA) is 87.9 Å². The maximum Gasteiger partial charge on any atom is 0.344 e. The number of hydrogen-bond donors (Lipinski definition) is 0. The number of aromatic nitrogens is 1. The van der Waals surface area contributed by atoms with E-state index in [1.165, 1.54) is 0 Å². The van der Waals surface area contributed by atoms with Gasteiger partial charge in [-0.15, -0.1) is 0 Å². The third-order valence-corrected chi connectivity index (χ3v) is 5.78. The molecule has 0 saturated heterocycles. The summed E-state index contributed by atoms with van der Waals surface area (Å²) in [5, 5.41) is 0. The minimum Gasteiger partial charge on any atom is -0.482 e. The first kappa shape index (κ1) is 28.6. The molecular formula is C33H35NO6. The van der Waals surface area contributed by atoms with Crippen LogP contribution in [0.3, 0.4) is 0 Å². The van der Waals surface area contributed by atoms with E-state index >= 15 is 0 Å². The molecule has 1 unspecified atom stereocenters. The fraction of sp³-hybridized carbons (Fsp3) is 0.303. The Balaban J connectivity index is 1.66. The lowest BCUT2D eigenvalue weighted by Gasteiger charge is -2.19. The number of carbonyl (C=O) groups is 2. The van der Waals surface area contributed by atoms with Gasteiger partial charge in [-0.2, -0.15) is 0 Å². The number of oxazole rings is 1. The number of ether oxygens (including phenoxy) is 3. The molecule has 4 aromatic rings. The molecule has 0 spiro atoms. The second-order valence-corrected chi connectivity index (χ2v) is 10.7. The largest absolute Gasteiger partial charge is 0.482 e. The standard InChI is InChI=1S/C33H35NO6/c1-22(2)38-32(36)27(20-23-13-12-18-26(19-23)37-21-28(35)40-33(3,4)5)31-34-29(24-14-8-6-9-15-24)30(39-31)25-16-10-7-11-17-25/h6-19,22,27H,20-21H2,1-5H3. The predicted octanol–water partition coefficient (Wildman–Crippen LogP) is 7.01. The van der Waals surface area contributed by atoms with Crippen molar-refractivity contribution in [3.05, 3.63) is 96.4 Å². The van der Waals surface area contributed by atoms with E-state index in [1.807, 2.05) is 72.8 Å². The fourth-order valence-corrected chi connectivity index (χ4v) is 4.16. The Morgan fingerprint density at radius 1 is 0.875 bits per heavy atom. The first-order chi connectivity index (χ1) is 19.1. The minimum atomic E-state index is -0.802. The van der Waals surface area contributed by atoms with E-state index in [4.69, 9.17) is 23.6 Å². The van der Waals surface area contributed by atoms with Crippen molar-refractivity contribution in [2.75, 3.05) is 6.61 Å². The highest BCUT2D eigenvalue weighted by Gasteiger charge is 2.31. The molecule has 0 aliphatic carbocycles. The molecule has 0 saturated carbocycles. The summed E-state index contributed by atoms with van der Waals surface area (Å²) < 4.78 is 23.0. The minimum absolute atomic E-state index is 0.222. The zero-order valence-electron chi connectivity index (χ0n) is 23.5. The lowest BCUT2D eigenvalue weighted by atomic mass is 9.99. The molecule has 7 heteroatoms. The first-order valence-electron chi connectivity index (χ1n) is 13.3. The Bertz CT molecular complexity index is 1360. The highest BCUT2D eigenvalue weighted by atomic mass is 16.6. The number of nitrogens with zero attached hydrogens (tertiary/aromatic N) is 1. The number of rotatable bonds is 10. The van der Waals surface area contributed by atoms with Gasteiger partial charge in [-0.05, 0) is 58.7 Å². The summed E-state index contributed by atoms with van der Waals surface area (Å²) in [6, 6.07) is 26.7. The van der Waals surface area contributed by atoms with E-state index in [1.54, 1.807) is 46.8 Å². The van der Waals surface area contributed by atoms with Gasteiger partial charge in [0.15, 0.2) is 12.4 Å². The molecule has 0 fully saturated rings. The highest BCUT2D eigenvalue weighted by molar-refractivity contribution is 5.80. The van der Waals surface area contributed by atoms with Crippen LogP contribution in [-0.4, -0.2) is 35.2 Å². The predicted molar refractivity (Wildman–Crippen MR) is 153 cm³/mol. The second kappa shape index (κ2) is 12.6. The summed E-state index contributed by atoms with van der Waals surface area (Å²) in [5.74, 6) is -0.361. The molecule has 0 radical (unpaired) electrons. The summed E-state index contributed by atoms with van der Waals surface area (Å²) in [6.07, 6.45) is -0.0475. The van der Waals surface area contributed by atoms with Crippen LogP contribution in [0.25, 0.3) is 22.6 Å². The van der Waals surface area contributed by atoms with E-state index in [-0.39, 0.29) is 25.0 Å². The molecule has 208 valence electrons. The number of benzene rings is 3. The molecule has 0 amide bonds. The molecule has 40 heavy (non-hydrogen) atoms. The first-order valence-corrected chi connectivity index (χ1v) is 13.3. The van der Waals surface area contributed by atoms with Gasteiger partial charge >= 0.3 is 11.9 Å². The van der Waals surface area contributed by atoms with E-state index in [9.17, 15) is 9.59 Å². The van der Waals surface area contributed by atoms with Gasteiger partial charge in [-0.1, -0.05) is 72.8 Å². The van der Waals surface area contributed by atoms with Crippen molar-refractivity contribution in [2.24, 2.45) is 0 Å². The second-order valence-electron chi connectivity index (χ2n) is 10.7. The van der Waals surface area contributed by atoms with E-state index in [0.717, 1.165) is 16.7 Å². The van der Waals surface area contributed by atoms with Crippen LogP contribution in [0, 0.1) is 0 Å². The monoisotopic (exact) mass is 541 g/mol. The van der Waals surface area contributed by atoms with Gasteiger partial charge < -0.3 is 18.6 Å². The highest BCUT2D eigenvalue weighted by Crippen LogP contribution is 2.36. The van der Waals surface area contributed by atoms with Crippen LogP contribution in [0.5, 0.6) is 5.75 Å². The lowest BCUT2D eigenvalue weighted by Crippen LogP contribution is -2.27. The SMILES string of the molecule is CC(C)OC(=O)C(Cc1cccc(OCC(=O)OC(C)(C)C)c1)c1nc(-c2ccccc2)c(-c2ccccc2)o1.